The van der Waals surface area contributed by atoms with E-state index < -0.39 is 71.5 Å². The van der Waals surface area contributed by atoms with Crippen molar-refractivity contribution in [1.29, 1.82) is 0 Å². The summed E-state index contributed by atoms with van der Waals surface area (Å²) in [4.78, 5) is 50.7. The maximum Gasteiger partial charge on any atom is 0.334 e. The summed E-state index contributed by atoms with van der Waals surface area (Å²) in [5, 5.41) is 22.6. The number of carbonyl (C=O) groups excluding carboxylic acids is 4. The van der Waals surface area contributed by atoms with E-state index in [1.807, 2.05) is 6.92 Å². The number of fused-ring (bicyclic) bond motifs is 1. The van der Waals surface area contributed by atoms with Crippen LogP contribution in [-0.4, -0.2) is 63.9 Å². The van der Waals surface area contributed by atoms with Crippen LogP contribution in [0.1, 0.15) is 60.8 Å². The molecule has 9 heteroatoms. The number of ether oxygens (including phenoxy) is 3. The fraction of sp³-hybridized carbons (Fsp3) is 0.680. The van der Waals surface area contributed by atoms with E-state index in [0.717, 1.165) is 0 Å². The van der Waals surface area contributed by atoms with Crippen LogP contribution in [-0.2, 0) is 33.4 Å². The molecule has 1 saturated carbocycles. The van der Waals surface area contributed by atoms with Crippen LogP contribution in [0.25, 0.3) is 0 Å². The standard InChI is InChI=1S/C25H36O9/c1-8-12(3)22(28)32-19-14(5)10-11-16(26)25(7,31)21(34-23(29)13(4)9-2)20-17(18(19)27)15(6)24(30)33-20/h9,12,14,17-21,27,31H,6,8,10-11H2,1-5,7H3/b13-9-/t12-,14-,17+,18-,19-,20+,21-,25+/m1/s1. The zero-order valence-corrected chi connectivity index (χ0v) is 20.7. The number of ketones is 1. The van der Waals surface area contributed by atoms with Crippen molar-refractivity contribution in [3.63, 3.8) is 0 Å². The normalized spacial score (nSPS) is 35.8. The van der Waals surface area contributed by atoms with Gasteiger partial charge in [-0.05, 0) is 39.5 Å². The lowest BCUT2D eigenvalue weighted by Crippen LogP contribution is -2.59. The molecule has 1 heterocycles. The van der Waals surface area contributed by atoms with Gasteiger partial charge in [-0.15, -0.1) is 0 Å². The number of aliphatic hydroxyl groups is 2. The Kier molecular flexibility index (Phi) is 8.82. The molecule has 2 rings (SSSR count). The molecular formula is C25H36O9. The van der Waals surface area contributed by atoms with Crippen LogP contribution < -0.4 is 0 Å². The average Bonchev–Trinajstić information content (AvgIpc) is 3.09. The third-order valence-corrected chi connectivity index (χ3v) is 7.03. The highest BCUT2D eigenvalue weighted by Gasteiger charge is 2.58. The van der Waals surface area contributed by atoms with Gasteiger partial charge in [-0.3, -0.25) is 9.59 Å². The first-order chi connectivity index (χ1) is 15.8. The van der Waals surface area contributed by atoms with Crippen LogP contribution in [0.15, 0.2) is 23.8 Å². The zero-order valence-electron chi connectivity index (χ0n) is 20.7. The zero-order chi connectivity index (χ0) is 26.0. The molecule has 0 spiro atoms. The second kappa shape index (κ2) is 10.8. The molecule has 190 valence electrons. The number of hydrogen-bond donors (Lipinski definition) is 2. The molecule has 1 aliphatic heterocycles. The van der Waals surface area contributed by atoms with Crippen molar-refractivity contribution in [3.8, 4) is 0 Å². The van der Waals surface area contributed by atoms with E-state index in [-0.39, 0.29) is 24.0 Å². The molecule has 2 N–H and O–H groups in total. The average molecular weight is 481 g/mol. The van der Waals surface area contributed by atoms with Gasteiger partial charge < -0.3 is 24.4 Å². The van der Waals surface area contributed by atoms with Gasteiger partial charge in [0.1, 0.15) is 12.2 Å². The summed E-state index contributed by atoms with van der Waals surface area (Å²) >= 11 is 0. The van der Waals surface area contributed by atoms with Crippen molar-refractivity contribution in [2.75, 3.05) is 0 Å². The second-order valence-electron chi connectivity index (χ2n) is 9.51. The lowest BCUT2D eigenvalue weighted by Gasteiger charge is -2.40. The molecule has 0 amide bonds. The van der Waals surface area contributed by atoms with Crippen molar-refractivity contribution in [1.82, 2.24) is 0 Å². The van der Waals surface area contributed by atoms with Crippen molar-refractivity contribution in [2.24, 2.45) is 17.8 Å². The number of rotatable bonds is 5. The number of esters is 3. The lowest BCUT2D eigenvalue weighted by atomic mass is 9.75. The Hall–Kier alpha value is -2.52. The van der Waals surface area contributed by atoms with E-state index in [2.05, 4.69) is 6.58 Å². The number of carbonyl (C=O) groups is 4. The minimum Gasteiger partial charge on any atom is -0.459 e. The molecule has 9 nitrogen and oxygen atoms in total. The van der Waals surface area contributed by atoms with Gasteiger partial charge in [0, 0.05) is 17.6 Å². The first-order valence-corrected chi connectivity index (χ1v) is 11.7. The van der Waals surface area contributed by atoms with Crippen LogP contribution in [0.3, 0.4) is 0 Å². The Morgan fingerprint density at radius 1 is 1.32 bits per heavy atom. The quantitative estimate of drug-likeness (QED) is 0.344. The Bertz CT molecular complexity index is 872. The van der Waals surface area contributed by atoms with E-state index in [9.17, 15) is 29.4 Å². The summed E-state index contributed by atoms with van der Waals surface area (Å²) in [6, 6.07) is 0. The molecule has 0 unspecified atom stereocenters. The van der Waals surface area contributed by atoms with Crippen LogP contribution in [0.2, 0.25) is 0 Å². The summed E-state index contributed by atoms with van der Waals surface area (Å²) < 4.78 is 16.6. The summed E-state index contributed by atoms with van der Waals surface area (Å²) in [7, 11) is 0. The van der Waals surface area contributed by atoms with Crippen molar-refractivity contribution < 1.29 is 43.6 Å². The number of hydrogen-bond acceptors (Lipinski definition) is 9. The molecule has 0 aromatic carbocycles. The molecule has 0 aromatic rings. The second-order valence-corrected chi connectivity index (χ2v) is 9.51. The minimum absolute atomic E-state index is 0.123. The third kappa shape index (κ3) is 5.41. The van der Waals surface area contributed by atoms with E-state index in [0.29, 0.717) is 6.42 Å². The Morgan fingerprint density at radius 3 is 2.50 bits per heavy atom. The summed E-state index contributed by atoms with van der Waals surface area (Å²) in [5.74, 6) is -4.93. The molecule has 0 radical (unpaired) electrons. The van der Waals surface area contributed by atoms with Crippen molar-refractivity contribution in [3.05, 3.63) is 23.8 Å². The molecule has 2 aliphatic rings. The highest BCUT2D eigenvalue weighted by atomic mass is 16.6. The lowest BCUT2D eigenvalue weighted by molar-refractivity contribution is -0.195. The maximum atomic E-state index is 13.1. The van der Waals surface area contributed by atoms with Gasteiger partial charge in [-0.2, -0.15) is 0 Å². The largest absolute Gasteiger partial charge is 0.459 e. The minimum atomic E-state index is -2.21. The molecule has 2 fully saturated rings. The Balaban J connectivity index is 2.58. The topological polar surface area (TPSA) is 136 Å². The molecule has 1 saturated heterocycles. The van der Waals surface area contributed by atoms with E-state index in [4.69, 9.17) is 14.2 Å². The van der Waals surface area contributed by atoms with Crippen molar-refractivity contribution >= 4 is 23.7 Å². The van der Waals surface area contributed by atoms with Gasteiger partial charge in [-0.25, -0.2) is 9.59 Å². The fourth-order valence-electron chi connectivity index (χ4n) is 4.16. The van der Waals surface area contributed by atoms with Gasteiger partial charge in [-0.1, -0.05) is 33.4 Å². The highest BCUT2D eigenvalue weighted by molar-refractivity contribution is 5.93. The number of allylic oxidation sites excluding steroid dienone is 1. The number of aliphatic hydroxyl groups excluding tert-OH is 1. The van der Waals surface area contributed by atoms with Crippen LogP contribution >= 0.6 is 0 Å². The van der Waals surface area contributed by atoms with E-state index in [1.165, 1.54) is 19.9 Å². The van der Waals surface area contributed by atoms with Gasteiger partial charge in [0.2, 0.25) is 0 Å². The summed E-state index contributed by atoms with van der Waals surface area (Å²) in [5.41, 5.74) is -2.12. The molecular weight excluding hydrogens is 444 g/mol. The van der Waals surface area contributed by atoms with Crippen LogP contribution in [0, 0.1) is 17.8 Å². The molecule has 0 aromatic heterocycles. The van der Waals surface area contributed by atoms with Gasteiger partial charge in [0.15, 0.2) is 23.6 Å². The van der Waals surface area contributed by atoms with E-state index in [1.54, 1.807) is 20.8 Å². The predicted molar refractivity (Wildman–Crippen MR) is 121 cm³/mol. The monoisotopic (exact) mass is 480 g/mol. The molecule has 8 atom stereocenters. The Labute approximate surface area is 200 Å². The smallest absolute Gasteiger partial charge is 0.334 e. The SMILES string of the molecule is C=C1C(=O)O[C@H]2[C@@H]1[C@@H](O)[C@H](OC(=O)[C@H](C)CC)[C@H](C)CCC(=O)[C@](C)(O)[C@@H]2OC(=O)/C(C)=C\C. The first kappa shape index (κ1) is 27.7. The van der Waals surface area contributed by atoms with Gasteiger partial charge in [0.25, 0.3) is 0 Å². The third-order valence-electron chi connectivity index (χ3n) is 7.03. The molecule has 1 aliphatic carbocycles. The van der Waals surface area contributed by atoms with Gasteiger partial charge >= 0.3 is 17.9 Å². The van der Waals surface area contributed by atoms with Gasteiger partial charge in [0.05, 0.1) is 11.8 Å². The summed E-state index contributed by atoms with van der Waals surface area (Å²) in [6.07, 6.45) is -3.51. The fourth-order valence-corrected chi connectivity index (χ4v) is 4.16. The van der Waals surface area contributed by atoms with Crippen molar-refractivity contribution in [2.45, 2.75) is 90.8 Å². The predicted octanol–water partition coefficient (Wildman–Crippen LogP) is 2.03. The highest BCUT2D eigenvalue weighted by Crippen LogP contribution is 2.41. The maximum absolute atomic E-state index is 13.1. The Morgan fingerprint density at radius 2 is 1.94 bits per heavy atom. The first-order valence-electron chi connectivity index (χ1n) is 11.7. The molecule has 0 bridgehead atoms. The van der Waals surface area contributed by atoms with Crippen LogP contribution in [0.5, 0.6) is 0 Å². The molecule has 34 heavy (non-hydrogen) atoms. The summed E-state index contributed by atoms with van der Waals surface area (Å²) in [6.45, 7) is 13.3. The van der Waals surface area contributed by atoms with E-state index >= 15 is 0 Å². The number of Topliss-reactive ketones (excluding diaryl/α,β-unsaturated/α-hetero) is 1. The van der Waals surface area contributed by atoms with Crippen LogP contribution in [0.4, 0.5) is 0 Å².